The predicted octanol–water partition coefficient (Wildman–Crippen LogP) is 2.53. The Hall–Kier alpha value is -2.16. The predicted molar refractivity (Wildman–Crippen MR) is 67.1 cm³/mol. The first kappa shape index (κ1) is 10.4. The first-order valence-electron chi connectivity index (χ1n) is 5.03. The van der Waals surface area contributed by atoms with Crippen molar-refractivity contribution in [3.63, 3.8) is 0 Å². The van der Waals surface area contributed by atoms with Crippen molar-refractivity contribution in [2.45, 2.75) is 6.92 Å². The highest BCUT2D eigenvalue weighted by Gasteiger charge is 2.04. The van der Waals surface area contributed by atoms with Gasteiger partial charge in [0, 0.05) is 0 Å². The number of benzene rings is 2. The van der Waals surface area contributed by atoms with Gasteiger partial charge in [-0.1, -0.05) is 12.1 Å². The average molecular weight is 214 g/mol. The third kappa shape index (κ3) is 1.80. The Bertz CT molecular complexity index is 535. The quantitative estimate of drug-likeness (QED) is 0.639. The van der Waals surface area contributed by atoms with Gasteiger partial charge in [-0.15, -0.1) is 0 Å². The minimum absolute atomic E-state index is 0.268. The summed E-state index contributed by atoms with van der Waals surface area (Å²) in [6, 6.07) is 10.8. The number of anilines is 2. The summed E-state index contributed by atoms with van der Waals surface area (Å²) in [7, 11) is 0. The molecule has 3 heteroatoms. The molecule has 0 saturated carbocycles. The highest BCUT2D eigenvalue weighted by Crippen LogP contribution is 2.29. The van der Waals surface area contributed by atoms with Gasteiger partial charge in [0.25, 0.3) is 0 Å². The number of nitrogens with two attached hydrogens (primary N) is 2. The van der Waals surface area contributed by atoms with E-state index in [1.165, 1.54) is 0 Å². The van der Waals surface area contributed by atoms with Crippen molar-refractivity contribution in [2.75, 3.05) is 11.5 Å². The van der Waals surface area contributed by atoms with E-state index < -0.39 is 0 Å². The fourth-order valence-electron chi connectivity index (χ4n) is 1.71. The van der Waals surface area contributed by atoms with Gasteiger partial charge in [0.2, 0.25) is 0 Å². The molecule has 0 heterocycles. The molecule has 2 rings (SSSR count). The number of hydrogen-bond donors (Lipinski definition) is 3. The second kappa shape index (κ2) is 3.77. The molecule has 0 radical (unpaired) electrons. The van der Waals surface area contributed by atoms with Crippen molar-refractivity contribution in [3.05, 3.63) is 42.0 Å². The molecule has 0 unspecified atom stereocenters. The van der Waals surface area contributed by atoms with Crippen molar-refractivity contribution in [3.8, 4) is 16.9 Å². The van der Waals surface area contributed by atoms with Crippen molar-refractivity contribution in [2.24, 2.45) is 0 Å². The van der Waals surface area contributed by atoms with Crippen LogP contribution in [0.1, 0.15) is 5.56 Å². The first-order chi connectivity index (χ1) is 7.58. The molecule has 0 bridgehead atoms. The van der Waals surface area contributed by atoms with Crippen molar-refractivity contribution in [1.82, 2.24) is 0 Å². The van der Waals surface area contributed by atoms with Crippen LogP contribution in [0.15, 0.2) is 36.4 Å². The van der Waals surface area contributed by atoms with Gasteiger partial charge < -0.3 is 16.6 Å². The van der Waals surface area contributed by atoms with E-state index in [-0.39, 0.29) is 5.75 Å². The Morgan fingerprint density at radius 1 is 0.938 bits per heavy atom. The first-order valence-corrected chi connectivity index (χ1v) is 5.03. The molecule has 5 N–H and O–H groups in total. The van der Waals surface area contributed by atoms with E-state index in [0.717, 1.165) is 16.7 Å². The third-order valence-electron chi connectivity index (χ3n) is 2.61. The zero-order valence-corrected chi connectivity index (χ0v) is 9.07. The minimum atomic E-state index is 0.268. The fraction of sp³-hybridized carbons (Fsp3) is 0.0769. The van der Waals surface area contributed by atoms with Gasteiger partial charge in [0.15, 0.2) is 0 Å². The second-order valence-corrected chi connectivity index (χ2v) is 3.84. The SMILES string of the molecule is Cc1cc(O)ccc1-c1ccc(N)c(N)c1. The maximum atomic E-state index is 9.34. The van der Waals surface area contributed by atoms with E-state index in [2.05, 4.69) is 0 Å². The average Bonchev–Trinajstić information content (AvgIpc) is 2.22. The van der Waals surface area contributed by atoms with Crippen molar-refractivity contribution in [1.29, 1.82) is 0 Å². The van der Waals surface area contributed by atoms with Gasteiger partial charge in [0.05, 0.1) is 11.4 Å². The van der Waals surface area contributed by atoms with Gasteiger partial charge in [-0.05, 0) is 47.9 Å². The second-order valence-electron chi connectivity index (χ2n) is 3.84. The molecule has 3 nitrogen and oxygen atoms in total. The van der Waals surface area contributed by atoms with Gasteiger partial charge in [-0.25, -0.2) is 0 Å². The number of aromatic hydroxyl groups is 1. The lowest BCUT2D eigenvalue weighted by atomic mass is 9.99. The number of aryl methyl sites for hydroxylation is 1. The summed E-state index contributed by atoms with van der Waals surface area (Å²) in [4.78, 5) is 0. The Labute approximate surface area is 94.3 Å². The van der Waals surface area contributed by atoms with Crippen LogP contribution in [-0.4, -0.2) is 5.11 Å². The minimum Gasteiger partial charge on any atom is -0.508 e. The summed E-state index contributed by atoms with van der Waals surface area (Å²) in [5.41, 5.74) is 15.6. The standard InChI is InChI=1S/C13H14N2O/c1-8-6-10(16)3-4-11(8)9-2-5-12(14)13(15)7-9/h2-7,16H,14-15H2,1H3. The van der Waals surface area contributed by atoms with Crippen LogP contribution in [0.3, 0.4) is 0 Å². The lowest BCUT2D eigenvalue weighted by molar-refractivity contribution is 0.475. The van der Waals surface area contributed by atoms with E-state index in [4.69, 9.17) is 11.5 Å². The maximum absolute atomic E-state index is 9.34. The van der Waals surface area contributed by atoms with Crippen LogP contribution >= 0.6 is 0 Å². The Kier molecular flexibility index (Phi) is 2.44. The topological polar surface area (TPSA) is 72.3 Å². The molecule has 82 valence electrons. The van der Waals surface area contributed by atoms with Gasteiger partial charge in [-0.2, -0.15) is 0 Å². The molecule has 0 spiro atoms. The molecule has 0 atom stereocenters. The van der Waals surface area contributed by atoms with Crippen molar-refractivity contribution < 1.29 is 5.11 Å². The molecule has 2 aromatic rings. The van der Waals surface area contributed by atoms with Crippen LogP contribution in [0.2, 0.25) is 0 Å². The van der Waals surface area contributed by atoms with Gasteiger partial charge in [0.1, 0.15) is 5.75 Å². The Morgan fingerprint density at radius 2 is 1.69 bits per heavy atom. The highest BCUT2D eigenvalue weighted by molar-refractivity contribution is 5.76. The summed E-state index contributed by atoms with van der Waals surface area (Å²) in [5.74, 6) is 0.268. The van der Waals surface area contributed by atoms with Crippen LogP contribution in [0.4, 0.5) is 11.4 Å². The van der Waals surface area contributed by atoms with Crippen molar-refractivity contribution >= 4 is 11.4 Å². The highest BCUT2D eigenvalue weighted by atomic mass is 16.3. The lowest BCUT2D eigenvalue weighted by Gasteiger charge is -2.08. The summed E-state index contributed by atoms with van der Waals surface area (Å²) in [6.45, 7) is 1.95. The lowest BCUT2D eigenvalue weighted by Crippen LogP contribution is -1.94. The molecule has 0 amide bonds. The van der Waals surface area contributed by atoms with E-state index in [1.807, 2.05) is 25.1 Å². The van der Waals surface area contributed by atoms with Crippen LogP contribution < -0.4 is 11.5 Å². The summed E-state index contributed by atoms with van der Waals surface area (Å²) >= 11 is 0. The number of nitrogen functional groups attached to an aromatic ring is 2. The molecule has 16 heavy (non-hydrogen) atoms. The monoisotopic (exact) mass is 214 g/mol. The molecule has 0 aliphatic rings. The number of hydrogen-bond acceptors (Lipinski definition) is 3. The summed E-state index contributed by atoms with van der Waals surface area (Å²) in [5, 5.41) is 9.34. The largest absolute Gasteiger partial charge is 0.508 e. The number of phenolic OH excluding ortho intramolecular Hbond substituents is 1. The molecule has 0 aromatic heterocycles. The fourth-order valence-corrected chi connectivity index (χ4v) is 1.71. The van der Waals surface area contributed by atoms with E-state index in [0.29, 0.717) is 11.4 Å². The molecule has 0 saturated heterocycles. The number of rotatable bonds is 1. The molecular formula is C13H14N2O. The molecular weight excluding hydrogens is 200 g/mol. The van der Waals surface area contributed by atoms with E-state index >= 15 is 0 Å². The summed E-state index contributed by atoms with van der Waals surface area (Å²) in [6.07, 6.45) is 0. The Balaban J connectivity index is 2.54. The van der Waals surface area contributed by atoms with Crippen LogP contribution in [0, 0.1) is 6.92 Å². The van der Waals surface area contributed by atoms with Gasteiger partial charge >= 0.3 is 0 Å². The maximum Gasteiger partial charge on any atom is 0.115 e. The van der Waals surface area contributed by atoms with E-state index in [9.17, 15) is 5.11 Å². The summed E-state index contributed by atoms with van der Waals surface area (Å²) < 4.78 is 0. The normalized spacial score (nSPS) is 10.3. The number of phenols is 1. The molecule has 0 aliphatic carbocycles. The molecule has 2 aromatic carbocycles. The smallest absolute Gasteiger partial charge is 0.115 e. The van der Waals surface area contributed by atoms with E-state index in [1.54, 1.807) is 18.2 Å². The molecule has 0 aliphatic heterocycles. The Morgan fingerprint density at radius 3 is 2.31 bits per heavy atom. The zero-order valence-electron chi connectivity index (χ0n) is 9.07. The molecule has 0 fully saturated rings. The van der Waals surface area contributed by atoms with Crippen LogP contribution in [0.25, 0.3) is 11.1 Å². The van der Waals surface area contributed by atoms with Gasteiger partial charge in [-0.3, -0.25) is 0 Å². The zero-order chi connectivity index (χ0) is 11.7. The van der Waals surface area contributed by atoms with Crippen LogP contribution in [-0.2, 0) is 0 Å². The van der Waals surface area contributed by atoms with Crippen LogP contribution in [0.5, 0.6) is 5.75 Å². The third-order valence-corrected chi connectivity index (χ3v) is 2.61.